The second-order valence-corrected chi connectivity index (χ2v) is 5.04. The molecule has 0 unspecified atom stereocenters. The van der Waals surface area contributed by atoms with Crippen LogP contribution >= 0.6 is 0 Å². The fraction of sp³-hybridized carbons (Fsp3) is 0.125. The Bertz CT molecular complexity index is 925. The number of aromatic nitrogens is 2. The van der Waals surface area contributed by atoms with E-state index in [0.717, 1.165) is 0 Å². The Hall–Kier alpha value is -3.62. The Labute approximate surface area is 141 Å². The van der Waals surface area contributed by atoms with Gasteiger partial charge in [-0.15, -0.1) is 0 Å². The summed E-state index contributed by atoms with van der Waals surface area (Å²) in [6.45, 7) is 0. The molecule has 3 aromatic rings. The lowest BCUT2D eigenvalue weighted by atomic mass is 10.1. The molecule has 0 bridgehead atoms. The highest BCUT2D eigenvalue weighted by molar-refractivity contribution is 6.06. The summed E-state index contributed by atoms with van der Waals surface area (Å²) in [4.78, 5) is 29.9. The van der Waals surface area contributed by atoms with E-state index in [0.29, 0.717) is 22.5 Å². The number of rotatable bonds is 5. The van der Waals surface area contributed by atoms with Gasteiger partial charge in [-0.1, -0.05) is 12.1 Å². The molecule has 2 aromatic carbocycles. The SMILES string of the molecule is COc1cc2nc(NC(=O)c3ccccc3[N+](=O)[O-])[nH]c2cc1OC. The van der Waals surface area contributed by atoms with E-state index in [1.807, 2.05) is 0 Å². The lowest BCUT2D eigenvalue weighted by Crippen LogP contribution is -2.14. The number of fused-ring (bicyclic) bond motifs is 1. The summed E-state index contributed by atoms with van der Waals surface area (Å²) in [5.41, 5.74) is 0.841. The molecule has 0 spiro atoms. The number of hydrogen-bond acceptors (Lipinski definition) is 6. The zero-order valence-corrected chi connectivity index (χ0v) is 13.4. The second kappa shape index (κ2) is 6.48. The van der Waals surface area contributed by atoms with Crippen LogP contribution in [-0.4, -0.2) is 35.0 Å². The first-order valence-corrected chi connectivity index (χ1v) is 7.20. The van der Waals surface area contributed by atoms with E-state index < -0.39 is 10.8 Å². The van der Waals surface area contributed by atoms with Crippen molar-refractivity contribution in [1.82, 2.24) is 9.97 Å². The highest BCUT2D eigenvalue weighted by Crippen LogP contribution is 2.31. The van der Waals surface area contributed by atoms with Gasteiger partial charge in [0.1, 0.15) is 5.56 Å². The normalized spacial score (nSPS) is 10.5. The van der Waals surface area contributed by atoms with Gasteiger partial charge in [0.05, 0.1) is 30.2 Å². The Balaban J connectivity index is 1.93. The number of amides is 1. The van der Waals surface area contributed by atoms with Gasteiger partial charge in [-0.3, -0.25) is 20.2 Å². The van der Waals surface area contributed by atoms with E-state index in [9.17, 15) is 14.9 Å². The van der Waals surface area contributed by atoms with Crippen molar-refractivity contribution >= 4 is 28.6 Å². The summed E-state index contributed by atoms with van der Waals surface area (Å²) in [6.07, 6.45) is 0. The van der Waals surface area contributed by atoms with Gasteiger partial charge in [-0.25, -0.2) is 4.98 Å². The number of hydrogen-bond donors (Lipinski definition) is 2. The molecule has 0 aliphatic heterocycles. The number of nitro groups is 1. The van der Waals surface area contributed by atoms with E-state index in [1.165, 1.54) is 32.4 Å². The van der Waals surface area contributed by atoms with Crippen LogP contribution in [0.2, 0.25) is 0 Å². The van der Waals surface area contributed by atoms with Crippen molar-refractivity contribution in [3.05, 3.63) is 52.1 Å². The number of benzene rings is 2. The molecule has 3 rings (SSSR count). The number of aromatic amines is 1. The van der Waals surface area contributed by atoms with Gasteiger partial charge in [-0.2, -0.15) is 0 Å². The van der Waals surface area contributed by atoms with Gasteiger partial charge >= 0.3 is 0 Å². The average Bonchev–Trinajstić information content (AvgIpc) is 3.01. The van der Waals surface area contributed by atoms with Crippen molar-refractivity contribution < 1.29 is 19.2 Å². The first-order valence-electron chi connectivity index (χ1n) is 7.20. The molecule has 128 valence electrons. The van der Waals surface area contributed by atoms with Crippen LogP contribution in [0.5, 0.6) is 11.5 Å². The zero-order valence-electron chi connectivity index (χ0n) is 13.4. The fourth-order valence-corrected chi connectivity index (χ4v) is 2.40. The number of H-pyrrole nitrogens is 1. The summed E-state index contributed by atoms with van der Waals surface area (Å²) >= 11 is 0. The van der Waals surface area contributed by atoms with Gasteiger partial charge in [0, 0.05) is 18.2 Å². The van der Waals surface area contributed by atoms with Gasteiger partial charge in [0.15, 0.2) is 11.5 Å². The molecule has 9 heteroatoms. The molecule has 0 fully saturated rings. The predicted molar refractivity (Wildman–Crippen MR) is 90.2 cm³/mol. The van der Waals surface area contributed by atoms with Crippen molar-refractivity contribution in [2.24, 2.45) is 0 Å². The Morgan fingerprint density at radius 3 is 2.56 bits per heavy atom. The number of imidazole rings is 1. The molecule has 0 saturated carbocycles. The van der Waals surface area contributed by atoms with Crippen molar-refractivity contribution in [2.45, 2.75) is 0 Å². The maximum Gasteiger partial charge on any atom is 0.282 e. The molecular formula is C16H14N4O5. The number of carbonyl (C=O) groups is 1. The van der Waals surface area contributed by atoms with E-state index in [2.05, 4.69) is 15.3 Å². The molecular weight excluding hydrogens is 328 g/mol. The average molecular weight is 342 g/mol. The summed E-state index contributed by atoms with van der Waals surface area (Å²) in [7, 11) is 3.02. The minimum absolute atomic E-state index is 0.0527. The lowest BCUT2D eigenvalue weighted by molar-refractivity contribution is -0.385. The quantitative estimate of drug-likeness (QED) is 0.543. The second-order valence-electron chi connectivity index (χ2n) is 5.04. The maximum atomic E-state index is 12.3. The number of ether oxygens (including phenoxy) is 2. The van der Waals surface area contributed by atoms with Crippen LogP contribution in [0, 0.1) is 10.1 Å². The Kier molecular flexibility index (Phi) is 4.21. The first-order chi connectivity index (χ1) is 12.0. The number of nitrogens with zero attached hydrogens (tertiary/aromatic N) is 2. The highest BCUT2D eigenvalue weighted by Gasteiger charge is 2.20. The molecule has 0 atom stereocenters. The van der Waals surface area contributed by atoms with E-state index in [1.54, 1.807) is 18.2 Å². The van der Waals surface area contributed by atoms with Crippen LogP contribution in [0.15, 0.2) is 36.4 Å². The van der Waals surface area contributed by atoms with Crippen molar-refractivity contribution in [3.8, 4) is 11.5 Å². The first kappa shape index (κ1) is 16.2. The number of anilines is 1. The number of methoxy groups -OCH3 is 2. The van der Waals surface area contributed by atoms with Crippen LogP contribution in [0.1, 0.15) is 10.4 Å². The third-order valence-electron chi connectivity index (χ3n) is 3.56. The van der Waals surface area contributed by atoms with Gasteiger partial charge in [0.25, 0.3) is 11.6 Å². The van der Waals surface area contributed by atoms with Crippen molar-refractivity contribution in [1.29, 1.82) is 0 Å². The monoisotopic (exact) mass is 342 g/mol. The molecule has 9 nitrogen and oxygen atoms in total. The van der Waals surface area contributed by atoms with E-state index >= 15 is 0 Å². The third-order valence-corrected chi connectivity index (χ3v) is 3.56. The van der Waals surface area contributed by atoms with Crippen LogP contribution in [0.4, 0.5) is 11.6 Å². The molecule has 25 heavy (non-hydrogen) atoms. The Morgan fingerprint density at radius 2 is 1.88 bits per heavy atom. The summed E-state index contributed by atoms with van der Waals surface area (Å²) in [5, 5.41) is 13.6. The topological polar surface area (TPSA) is 119 Å². The standard InChI is InChI=1S/C16H14N4O5/c1-24-13-7-10-11(8-14(13)25-2)18-16(17-10)19-15(21)9-5-3-4-6-12(9)20(22)23/h3-8H,1-2H3,(H2,17,18,19,21). The fourth-order valence-electron chi connectivity index (χ4n) is 2.40. The minimum atomic E-state index is -0.634. The maximum absolute atomic E-state index is 12.3. The summed E-state index contributed by atoms with van der Waals surface area (Å²) in [6, 6.07) is 9.03. The number of nitrogens with one attached hydrogen (secondary N) is 2. The molecule has 0 radical (unpaired) electrons. The smallest absolute Gasteiger partial charge is 0.282 e. The zero-order chi connectivity index (χ0) is 18.0. The van der Waals surface area contributed by atoms with Crippen LogP contribution in [0.3, 0.4) is 0 Å². The number of nitro benzene ring substituents is 1. The van der Waals surface area contributed by atoms with Gasteiger partial charge in [0.2, 0.25) is 5.95 Å². The molecule has 1 heterocycles. The Morgan fingerprint density at radius 1 is 1.20 bits per heavy atom. The van der Waals surface area contributed by atoms with Crippen LogP contribution in [-0.2, 0) is 0 Å². The summed E-state index contributed by atoms with van der Waals surface area (Å²) in [5.74, 6) is 0.534. The largest absolute Gasteiger partial charge is 0.493 e. The molecule has 1 amide bonds. The summed E-state index contributed by atoms with van der Waals surface area (Å²) < 4.78 is 10.4. The molecule has 2 N–H and O–H groups in total. The van der Waals surface area contributed by atoms with Crippen LogP contribution < -0.4 is 14.8 Å². The molecule has 0 aliphatic carbocycles. The lowest BCUT2D eigenvalue weighted by Gasteiger charge is -2.06. The number of carbonyl (C=O) groups excluding carboxylic acids is 1. The highest BCUT2D eigenvalue weighted by atomic mass is 16.6. The van der Waals surface area contributed by atoms with Crippen molar-refractivity contribution in [2.75, 3.05) is 19.5 Å². The van der Waals surface area contributed by atoms with E-state index in [4.69, 9.17) is 9.47 Å². The molecule has 0 saturated heterocycles. The third kappa shape index (κ3) is 3.07. The minimum Gasteiger partial charge on any atom is -0.493 e. The number of para-hydroxylation sites is 1. The van der Waals surface area contributed by atoms with Gasteiger partial charge < -0.3 is 14.5 Å². The molecule has 0 aliphatic rings. The molecule has 1 aromatic heterocycles. The van der Waals surface area contributed by atoms with Crippen LogP contribution in [0.25, 0.3) is 11.0 Å². The predicted octanol–water partition coefficient (Wildman–Crippen LogP) is 2.74. The van der Waals surface area contributed by atoms with Crippen molar-refractivity contribution in [3.63, 3.8) is 0 Å². The van der Waals surface area contributed by atoms with Gasteiger partial charge in [-0.05, 0) is 6.07 Å². The van der Waals surface area contributed by atoms with E-state index in [-0.39, 0.29) is 17.2 Å².